The Bertz CT molecular complexity index is 638. The fraction of sp³-hybridized carbons (Fsp3) is 0.235. The van der Waals surface area contributed by atoms with Gasteiger partial charge >= 0.3 is 0 Å². The third-order valence-corrected chi connectivity index (χ3v) is 3.31. The topological polar surface area (TPSA) is 33.0 Å². The van der Waals surface area contributed by atoms with Crippen molar-refractivity contribution in [2.75, 3.05) is 7.11 Å². The maximum atomic E-state index is 8.90. The zero-order valence-electron chi connectivity index (χ0n) is 11.5. The first kappa shape index (κ1) is 13.3. The van der Waals surface area contributed by atoms with E-state index in [0.717, 1.165) is 5.56 Å². The van der Waals surface area contributed by atoms with Gasteiger partial charge in [0.25, 0.3) is 0 Å². The molecule has 0 aliphatic rings. The molecule has 0 saturated heterocycles. The van der Waals surface area contributed by atoms with Crippen LogP contribution in [0, 0.1) is 25.2 Å². The molecule has 0 aromatic heterocycles. The van der Waals surface area contributed by atoms with Crippen LogP contribution < -0.4 is 0 Å². The van der Waals surface area contributed by atoms with E-state index in [0.29, 0.717) is 12.2 Å². The molecule has 0 fully saturated rings. The molecule has 19 heavy (non-hydrogen) atoms. The first-order chi connectivity index (χ1) is 9.15. The van der Waals surface area contributed by atoms with Crippen molar-refractivity contribution >= 4 is 0 Å². The van der Waals surface area contributed by atoms with Crippen LogP contribution in [0.4, 0.5) is 0 Å². The minimum atomic E-state index is 0.637. The lowest BCUT2D eigenvalue weighted by atomic mass is 9.96. The van der Waals surface area contributed by atoms with Crippen LogP contribution in [0.5, 0.6) is 0 Å². The smallest absolute Gasteiger partial charge is 0.0991 e. The maximum Gasteiger partial charge on any atom is 0.0991 e. The highest BCUT2D eigenvalue weighted by molar-refractivity contribution is 5.69. The quantitative estimate of drug-likeness (QED) is 0.826. The van der Waals surface area contributed by atoms with E-state index in [1.165, 1.54) is 22.3 Å². The van der Waals surface area contributed by atoms with E-state index in [9.17, 15) is 0 Å². The van der Waals surface area contributed by atoms with Gasteiger partial charge in [-0.1, -0.05) is 24.3 Å². The average molecular weight is 251 g/mol. The molecule has 0 N–H and O–H groups in total. The predicted octanol–water partition coefficient (Wildman–Crippen LogP) is 3.99. The summed E-state index contributed by atoms with van der Waals surface area (Å²) < 4.78 is 5.17. The molecule has 2 aromatic carbocycles. The number of nitriles is 1. The Hall–Kier alpha value is -2.11. The zero-order chi connectivity index (χ0) is 13.8. The second-order valence-electron chi connectivity index (χ2n) is 4.72. The summed E-state index contributed by atoms with van der Waals surface area (Å²) in [6, 6.07) is 14.3. The first-order valence-corrected chi connectivity index (χ1v) is 6.25. The van der Waals surface area contributed by atoms with Gasteiger partial charge in [-0.15, -0.1) is 0 Å². The van der Waals surface area contributed by atoms with Crippen molar-refractivity contribution in [2.24, 2.45) is 0 Å². The Morgan fingerprint density at radius 1 is 1.05 bits per heavy atom. The molecule has 0 bridgehead atoms. The number of hydrogen-bond acceptors (Lipinski definition) is 2. The normalized spacial score (nSPS) is 10.2. The van der Waals surface area contributed by atoms with Crippen molar-refractivity contribution in [2.45, 2.75) is 20.5 Å². The van der Waals surface area contributed by atoms with Gasteiger partial charge in [-0.25, -0.2) is 0 Å². The summed E-state index contributed by atoms with van der Waals surface area (Å²) in [7, 11) is 1.71. The van der Waals surface area contributed by atoms with Gasteiger partial charge in [0.2, 0.25) is 0 Å². The largest absolute Gasteiger partial charge is 0.380 e. The van der Waals surface area contributed by atoms with Crippen molar-refractivity contribution in [1.82, 2.24) is 0 Å². The van der Waals surface area contributed by atoms with Crippen LogP contribution in [0.25, 0.3) is 11.1 Å². The lowest BCUT2D eigenvalue weighted by molar-refractivity contribution is 0.184. The minimum Gasteiger partial charge on any atom is -0.380 e. The maximum absolute atomic E-state index is 8.90. The molecule has 0 amide bonds. The van der Waals surface area contributed by atoms with Crippen LogP contribution in [0.3, 0.4) is 0 Å². The lowest BCUT2D eigenvalue weighted by Gasteiger charge is -2.10. The Morgan fingerprint density at radius 2 is 1.84 bits per heavy atom. The molecule has 0 unspecified atom stereocenters. The SMILES string of the molecule is COCc1ccc(-c2ccc(C#N)cc2C)cc1C. The van der Waals surface area contributed by atoms with Crippen molar-refractivity contribution in [3.63, 3.8) is 0 Å². The van der Waals surface area contributed by atoms with Gasteiger partial charge in [-0.3, -0.25) is 0 Å². The molecule has 0 heterocycles. The molecule has 0 saturated carbocycles. The molecule has 2 rings (SSSR count). The molecule has 2 aromatic rings. The summed E-state index contributed by atoms with van der Waals surface area (Å²) in [6.45, 7) is 4.77. The fourth-order valence-corrected chi connectivity index (χ4v) is 2.24. The lowest BCUT2D eigenvalue weighted by Crippen LogP contribution is -1.93. The predicted molar refractivity (Wildman–Crippen MR) is 76.8 cm³/mol. The molecule has 0 spiro atoms. The van der Waals surface area contributed by atoms with Gasteiger partial charge in [-0.05, 0) is 53.8 Å². The molecule has 0 radical (unpaired) electrons. The highest BCUT2D eigenvalue weighted by atomic mass is 16.5. The van der Waals surface area contributed by atoms with Crippen LogP contribution in [0.15, 0.2) is 36.4 Å². The van der Waals surface area contributed by atoms with Gasteiger partial charge in [0.05, 0.1) is 18.2 Å². The van der Waals surface area contributed by atoms with Gasteiger partial charge in [0.1, 0.15) is 0 Å². The molecule has 96 valence electrons. The summed E-state index contributed by atoms with van der Waals surface area (Å²) in [5.74, 6) is 0. The monoisotopic (exact) mass is 251 g/mol. The fourth-order valence-electron chi connectivity index (χ4n) is 2.24. The van der Waals surface area contributed by atoms with E-state index < -0.39 is 0 Å². The van der Waals surface area contributed by atoms with Gasteiger partial charge < -0.3 is 4.74 Å². The van der Waals surface area contributed by atoms with Crippen LogP contribution >= 0.6 is 0 Å². The number of aryl methyl sites for hydroxylation is 2. The van der Waals surface area contributed by atoms with E-state index in [1.54, 1.807) is 7.11 Å². The number of methoxy groups -OCH3 is 1. The summed E-state index contributed by atoms with van der Waals surface area (Å²) in [5, 5.41) is 8.90. The molecule has 0 atom stereocenters. The second-order valence-corrected chi connectivity index (χ2v) is 4.72. The average Bonchev–Trinajstić information content (AvgIpc) is 2.41. The molecule has 2 nitrogen and oxygen atoms in total. The third kappa shape index (κ3) is 2.83. The number of rotatable bonds is 3. The van der Waals surface area contributed by atoms with E-state index in [4.69, 9.17) is 10.00 Å². The van der Waals surface area contributed by atoms with Gasteiger partial charge in [0, 0.05) is 7.11 Å². The van der Waals surface area contributed by atoms with E-state index in [-0.39, 0.29) is 0 Å². The van der Waals surface area contributed by atoms with Crippen molar-refractivity contribution < 1.29 is 4.74 Å². The molecular weight excluding hydrogens is 234 g/mol. The molecule has 0 aliphatic heterocycles. The van der Waals surface area contributed by atoms with E-state index in [1.807, 2.05) is 25.1 Å². The third-order valence-electron chi connectivity index (χ3n) is 3.31. The van der Waals surface area contributed by atoms with Crippen molar-refractivity contribution in [3.05, 3.63) is 58.7 Å². The summed E-state index contributed by atoms with van der Waals surface area (Å²) in [6.07, 6.45) is 0. The zero-order valence-corrected chi connectivity index (χ0v) is 11.5. The van der Waals surface area contributed by atoms with Crippen LogP contribution in [0.1, 0.15) is 22.3 Å². The Kier molecular flexibility index (Phi) is 3.99. The minimum absolute atomic E-state index is 0.637. The number of hydrogen-bond donors (Lipinski definition) is 0. The van der Waals surface area contributed by atoms with E-state index in [2.05, 4.69) is 31.2 Å². The van der Waals surface area contributed by atoms with Crippen LogP contribution in [-0.4, -0.2) is 7.11 Å². The van der Waals surface area contributed by atoms with Crippen molar-refractivity contribution in [1.29, 1.82) is 5.26 Å². The van der Waals surface area contributed by atoms with E-state index >= 15 is 0 Å². The second kappa shape index (κ2) is 5.69. The highest BCUT2D eigenvalue weighted by Gasteiger charge is 2.05. The molecule has 0 aliphatic carbocycles. The van der Waals surface area contributed by atoms with Crippen LogP contribution in [-0.2, 0) is 11.3 Å². The highest BCUT2D eigenvalue weighted by Crippen LogP contribution is 2.26. The standard InChI is InChI=1S/C17H17NO/c1-12-9-15(5-6-16(12)11-19-3)17-7-4-14(10-18)8-13(17)2/h4-9H,11H2,1-3H3. The Morgan fingerprint density at radius 3 is 2.42 bits per heavy atom. The Balaban J connectivity index is 2.43. The van der Waals surface area contributed by atoms with Crippen molar-refractivity contribution in [3.8, 4) is 17.2 Å². The Labute approximate surface area is 114 Å². The summed E-state index contributed by atoms with van der Waals surface area (Å²) in [4.78, 5) is 0. The van der Waals surface area contributed by atoms with Crippen LogP contribution in [0.2, 0.25) is 0 Å². The van der Waals surface area contributed by atoms with Gasteiger partial charge in [-0.2, -0.15) is 5.26 Å². The summed E-state index contributed by atoms with van der Waals surface area (Å²) >= 11 is 0. The number of benzene rings is 2. The summed E-state index contributed by atoms with van der Waals surface area (Å²) in [5.41, 5.74) is 6.61. The number of nitrogens with zero attached hydrogens (tertiary/aromatic N) is 1. The van der Waals surface area contributed by atoms with Gasteiger partial charge in [0.15, 0.2) is 0 Å². The first-order valence-electron chi connectivity index (χ1n) is 6.25. The number of ether oxygens (including phenoxy) is 1. The molecule has 2 heteroatoms. The molecular formula is C17H17NO.